The molecule has 0 bridgehead atoms. The van der Waals surface area contributed by atoms with Gasteiger partial charge in [0.15, 0.2) is 0 Å². The van der Waals surface area contributed by atoms with Gasteiger partial charge in [-0.25, -0.2) is 0 Å². The maximum atomic E-state index is 12.7. The van der Waals surface area contributed by atoms with E-state index in [-0.39, 0.29) is 18.9 Å². The first kappa shape index (κ1) is 15.1. The molecule has 5 nitrogen and oxygen atoms in total. The highest BCUT2D eigenvalue weighted by atomic mass is 35.5. The van der Waals surface area contributed by atoms with Crippen LogP contribution in [-0.2, 0) is 15.0 Å². The van der Waals surface area contributed by atoms with Gasteiger partial charge in [0.05, 0.1) is 17.9 Å². The van der Waals surface area contributed by atoms with E-state index < -0.39 is 21.9 Å². The normalized spacial score (nSPS) is 19.4. The Morgan fingerprint density at radius 3 is 2.80 bits per heavy atom. The minimum Gasteiger partial charge on any atom is -0.495 e. The molecular weight excluding hydrogens is 309 g/mol. The zero-order valence-electron chi connectivity index (χ0n) is 10.7. The van der Waals surface area contributed by atoms with Crippen molar-refractivity contribution in [2.24, 2.45) is 5.92 Å². The lowest BCUT2D eigenvalue weighted by atomic mass is 10.1. The monoisotopic (exact) mass is 321 g/mol. The Morgan fingerprint density at radius 1 is 1.50 bits per heavy atom. The Labute approximate surface area is 121 Å². The molecule has 8 heteroatoms. The summed E-state index contributed by atoms with van der Waals surface area (Å²) in [5.74, 6) is -1.01. The Balaban J connectivity index is 2.20. The molecule has 110 valence electrons. The quantitative estimate of drug-likeness (QED) is 0.796. The molecule has 0 saturated carbocycles. The molecule has 0 aromatic heterocycles. The van der Waals surface area contributed by atoms with Gasteiger partial charge in [-0.05, 0) is 12.1 Å². The van der Waals surface area contributed by atoms with Crippen molar-refractivity contribution in [2.75, 3.05) is 24.3 Å². The van der Waals surface area contributed by atoms with E-state index in [9.17, 15) is 17.1 Å². The van der Waals surface area contributed by atoms with Crippen molar-refractivity contribution in [1.82, 2.24) is 0 Å². The summed E-state index contributed by atoms with van der Waals surface area (Å²) in [6.07, 6.45) is 0.00803. The van der Waals surface area contributed by atoms with Crippen LogP contribution in [0.2, 0.25) is 5.02 Å². The molecule has 0 N–H and O–H groups in total. The average molecular weight is 322 g/mol. The van der Waals surface area contributed by atoms with Crippen molar-refractivity contribution in [2.45, 2.75) is 6.42 Å². The van der Waals surface area contributed by atoms with E-state index in [0.717, 1.165) is 0 Å². The van der Waals surface area contributed by atoms with Gasteiger partial charge < -0.3 is 9.64 Å². The van der Waals surface area contributed by atoms with Crippen LogP contribution in [0.5, 0.6) is 5.75 Å². The summed E-state index contributed by atoms with van der Waals surface area (Å²) in [7, 11) is -3.13. The molecule has 0 aliphatic carbocycles. The summed E-state index contributed by atoms with van der Waals surface area (Å²) in [6.45, 7) is 0.159. The van der Waals surface area contributed by atoms with Crippen LogP contribution in [0, 0.1) is 5.92 Å². The lowest BCUT2D eigenvalue weighted by molar-refractivity contribution is -0.117. The Morgan fingerprint density at radius 2 is 2.20 bits per heavy atom. The first-order valence-corrected chi connectivity index (χ1v) is 7.79. The van der Waals surface area contributed by atoms with Crippen molar-refractivity contribution in [1.29, 1.82) is 0 Å². The number of anilines is 1. The van der Waals surface area contributed by atoms with Crippen LogP contribution in [0.25, 0.3) is 0 Å². The van der Waals surface area contributed by atoms with Gasteiger partial charge in [0.1, 0.15) is 5.75 Å². The van der Waals surface area contributed by atoms with Gasteiger partial charge in [0.25, 0.3) is 0 Å². The number of amides is 1. The van der Waals surface area contributed by atoms with Crippen molar-refractivity contribution in [3.8, 4) is 5.75 Å². The maximum absolute atomic E-state index is 12.7. The average Bonchev–Trinajstić information content (AvgIpc) is 2.68. The standard InChI is InChI=1S/C12H13ClFNO4S/c1-19-11-5-9(2-3-10(11)13)15-6-8(4-12(15)16)7-20(14,17)18/h2-3,5,8H,4,6-7H2,1H3. The van der Waals surface area contributed by atoms with Gasteiger partial charge in [-0.3, -0.25) is 4.79 Å². The summed E-state index contributed by atoms with van der Waals surface area (Å²) in [6, 6.07) is 4.81. The Hall–Kier alpha value is -1.34. The first-order valence-electron chi connectivity index (χ1n) is 5.86. The molecule has 1 unspecified atom stereocenters. The van der Waals surface area contributed by atoms with E-state index in [1.807, 2.05) is 0 Å². The molecule has 1 heterocycles. The number of ether oxygens (including phenoxy) is 1. The molecule has 1 atom stereocenters. The smallest absolute Gasteiger partial charge is 0.302 e. The van der Waals surface area contributed by atoms with Gasteiger partial charge in [-0.1, -0.05) is 11.6 Å². The van der Waals surface area contributed by atoms with Crippen LogP contribution in [0.3, 0.4) is 0 Å². The van der Waals surface area contributed by atoms with Gasteiger partial charge in [0, 0.05) is 30.6 Å². The summed E-state index contributed by atoms with van der Waals surface area (Å²) < 4.78 is 39.0. The lowest BCUT2D eigenvalue weighted by Gasteiger charge is -2.17. The number of hydrogen-bond acceptors (Lipinski definition) is 4. The van der Waals surface area contributed by atoms with Gasteiger partial charge in [-0.15, -0.1) is 3.89 Å². The second-order valence-electron chi connectivity index (χ2n) is 4.60. The SMILES string of the molecule is COc1cc(N2CC(CS(=O)(=O)F)CC2=O)ccc1Cl. The topological polar surface area (TPSA) is 63.7 Å². The molecular formula is C12H13ClFNO4S. The predicted octanol–water partition coefficient (Wildman–Crippen LogP) is 2.00. The minimum atomic E-state index is -4.58. The highest BCUT2D eigenvalue weighted by Gasteiger charge is 2.33. The number of nitrogens with zero attached hydrogens (tertiary/aromatic N) is 1. The molecule has 1 aromatic carbocycles. The zero-order chi connectivity index (χ0) is 14.9. The van der Waals surface area contributed by atoms with E-state index in [2.05, 4.69) is 0 Å². The van der Waals surface area contributed by atoms with Crippen LogP contribution in [0.4, 0.5) is 9.57 Å². The molecule has 1 fully saturated rings. The van der Waals surface area contributed by atoms with E-state index in [4.69, 9.17) is 16.3 Å². The van der Waals surface area contributed by atoms with E-state index in [1.54, 1.807) is 18.2 Å². The third kappa shape index (κ3) is 3.40. The Bertz CT molecular complexity index is 634. The van der Waals surface area contributed by atoms with Crippen molar-refractivity contribution in [3.05, 3.63) is 23.2 Å². The molecule has 0 spiro atoms. The largest absolute Gasteiger partial charge is 0.495 e. The molecule has 1 amide bonds. The number of carbonyl (C=O) groups is 1. The second-order valence-corrected chi connectivity index (χ2v) is 6.42. The number of carbonyl (C=O) groups excluding carboxylic acids is 1. The van der Waals surface area contributed by atoms with E-state index >= 15 is 0 Å². The first-order chi connectivity index (χ1) is 9.30. The van der Waals surface area contributed by atoms with E-state index in [0.29, 0.717) is 16.5 Å². The fraction of sp³-hybridized carbons (Fsp3) is 0.417. The molecule has 1 aromatic rings. The summed E-state index contributed by atoms with van der Waals surface area (Å²) in [4.78, 5) is 13.3. The summed E-state index contributed by atoms with van der Waals surface area (Å²) >= 11 is 5.90. The van der Waals surface area contributed by atoms with Gasteiger partial charge in [-0.2, -0.15) is 8.42 Å². The lowest BCUT2D eigenvalue weighted by Crippen LogP contribution is -2.25. The van der Waals surface area contributed by atoms with Crippen LogP contribution in [0.15, 0.2) is 18.2 Å². The van der Waals surface area contributed by atoms with Gasteiger partial charge in [0.2, 0.25) is 5.91 Å². The van der Waals surface area contributed by atoms with Crippen molar-refractivity contribution < 1.29 is 21.8 Å². The maximum Gasteiger partial charge on any atom is 0.302 e. The summed E-state index contributed by atoms with van der Waals surface area (Å²) in [5, 5.41) is 0.408. The number of rotatable bonds is 4. The van der Waals surface area contributed by atoms with Crippen molar-refractivity contribution >= 4 is 33.4 Å². The number of methoxy groups -OCH3 is 1. The van der Waals surface area contributed by atoms with Gasteiger partial charge >= 0.3 is 10.2 Å². The second kappa shape index (κ2) is 5.57. The fourth-order valence-electron chi connectivity index (χ4n) is 2.24. The fourth-order valence-corrected chi connectivity index (χ4v) is 3.22. The zero-order valence-corrected chi connectivity index (χ0v) is 12.2. The third-order valence-electron chi connectivity index (χ3n) is 3.09. The van der Waals surface area contributed by atoms with Crippen molar-refractivity contribution in [3.63, 3.8) is 0 Å². The number of halogens is 2. The predicted molar refractivity (Wildman–Crippen MR) is 73.4 cm³/mol. The molecule has 1 aliphatic rings. The van der Waals surface area contributed by atoms with Crippen LogP contribution >= 0.6 is 11.6 Å². The molecule has 0 radical (unpaired) electrons. The number of benzene rings is 1. The molecule has 20 heavy (non-hydrogen) atoms. The molecule has 1 saturated heterocycles. The van der Waals surface area contributed by atoms with Crippen LogP contribution in [0.1, 0.15) is 6.42 Å². The summed E-state index contributed by atoms with van der Waals surface area (Å²) in [5.41, 5.74) is 0.551. The Kier molecular flexibility index (Phi) is 4.19. The highest BCUT2D eigenvalue weighted by molar-refractivity contribution is 7.86. The minimum absolute atomic E-state index is 0.00803. The molecule has 1 aliphatic heterocycles. The van der Waals surface area contributed by atoms with Crippen LogP contribution in [-0.4, -0.2) is 33.7 Å². The number of hydrogen-bond donors (Lipinski definition) is 0. The third-order valence-corrected chi connectivity index (χ3v) is 4.27. The highest BCUT2D eigenvalue weighted by Crippen LogP contribution is 2.32. The van der Waals surface area contributed by atoms with Crippen LogP contribution < -0.4 is 9.64 Å². The molecule has 2 rings (SSSR count). The van der Waals surface area contributed by atoms with E-state index in [1.165, 1.54) is 12.0 Å².